The molecule has 5 heteroatoms. The standard InChI is InChI=1S/C58H38BN3.H3P/c1-4-19-40(20-5-1)58(41-21-6-2-7-22-41)48-26-12-16-30-54(48)62(55-31-17-13-27-49(55)58)44-33-34-45-47-37-42(32-35-53(47)61(56(45)38-44)43-23-8-3-9-24-43)59-50-28-14-11-25-46(50)57-51(59)36-39-18-10-15-29-52(39)60-57;/h1-38H;1H3. The van der Waals surface area contributed by atoms with Gasteiger partial charge in [0.15, 0.2) is 0 Å². The number of hydrogen-bond acceptors (Lipinski definition) is 2. The number of benzene rings is 9. The molecular weight excluding hydrogens is 780 g/mol. The number of anilines is 3. The zero-order valence-electron chi connectivity index (χ0n) is 34.6. The molecule has 13 rings (SSSR count). The summed E-state index contributed by atoms with van der Waals surface area (Å²) in [5, 5.41) is 3.63. The van der Waals surface area contributed by atoms with E-state index in [-0.39, 0.29) is 16.6 Å². The summed E-state index contributed by atoms with van der Waals surface area (Å²) in [5.74, 6) is 0. The van der Waals surface area contributed by atoms with Crippen molar-refractivity contribution in [3.8, 4) is 16.9 Å². The fraction of sp³-hybridized carbons (Fsp3) is 0.0172. The number of pyridine rings is 1. The first kappa shape index (κ1) is 37.3. The summed E-state index contributed by atoms with van der Waals surface area (Å²) in [4.78, 5) is 7.73. The van der Waals surface area contributed by atoms with Crippen LogP contribution in [-0.4, -0.2) is 16.3 Å². The zero-order chi connectivity index (χ0) is 40.8. The average molecular weight is 822 g/mol. The highest BCUT2D eigenvalue weighted by Crippen LogP contribution is 2.57. The maximum absolute atomic E-state index is 5.25. The predicted molar refractivity (Wildman–Crippen MR) is 270 cm³/mol. The van der Waals surface area contributed by atoms with Gasteiger partial charge < -0.3 is 9.47 Å². The Morgan fingerprint density at radius 1 is 0.429 bits per heavy atom. The molecule has 0 amide bonds. The first-order valence-corrected chi connectivity index (χ1v) is 21.5. The van der Waals surface area contributed by atoms with E-state index in [2.05, 4.69) is 240 Å². The minimum absolute atomic E-state index is 0. The van der Waals surface area contributed by atoms with E-state index < -0.39 is 5.41 Å². The van der Waals surface area contributed by atoms with Crippen molar-refractivity contribution >= 4 is 82.8 Å². The van der Waals surface area contributed by atoms with E-state index in [1.165, 1.54) is 82.8 Å². The van der Waals surface area contributed by atoms with Crippen LogP contribution in [0.15, 0.2) is 231 Å². The number of fused-ring (bicyclic) bond motifs is 9. The molecule has 3 nitrogen and oxygen atoms in total. The lowest BCUT2D eigenvalue weighted by molar-refractivity contribution is 0.731. The quantitative estimate of drug-likeness (QED) is 0.127. The highest BCUT2D eigenvalue weighted by molar-refractivity contribution is 6.99. The highest BCUT2D eigenvalue weighted by Gasteiger charge is 2.46. The van der Waals surface area contributed by atoms with Crippen molar-refractivity contribution in [1.29, 1.82) is 0 Å². The molecule has 0 saturated heterocycles. The van der Waals surface area contributed by atoms with Crippen LogP contribution in [0.3, 0.4) is 0 Å². The van der Waals surface area contributed by atoms with E-state index in [0.717, 1.165) is 22.6 Å². The van der Waals surface area contributed by atoms with E-state index in [1.807, 2.05) is 0 Å². The van der Waals surface area contributed by atoms with Gasteiger partial charge in [-0.3, -0.25) is 0 Å². The van der Waals surface area contributed by atoms with Crippen molar-refractivity contribution in [3.63, 3.8) is 0 Å². The minimum Gasteiger partial charge on any atom is -0.310 e. The minimum atomic E-state index is -0.523. The van der Waals surface area contributed by atoms with E-state index in [9.17, 15) is 0 Å². The molecule has 0 spiro atoms. The number of nitrogens with zero attached hydrogens (tertiary/aromatic N) is 3. The lowest BCUT2D eigenvalue weighted by Gasteiger charge is -2.46. The fourth-order valence-electron chi connectivity index (χ4n) is 10.9. The summed E-state index contributed by atoms with van der Waals surface area (Å²) < 4.78 is 2.45. The molecule has 1 atom stereocenters. The van der Waals surface area contributed by atoms with Gasteiger partial charge in [0.05, 0.1) is 39.0 Å². The van der Waals surface area contributed by atoms with Crippen molar-refractivity contribution in [2.45, 2.75) is 5.41 Å². The molecule has 2 aromatic heterocycles. The Balaban J connectivity index is 0.00000421. The second-order valence-electron chi connectivity index (χ2n) is 16.6. The Morgan fingerprint density at radius 2 is 1.03 bits per heavy atom. The molecule has 0 radical (unpaired) electrons. The first-order valence-electron chi connectivity index (χ1n) is 21.5. The SMILES string of the molecule is P.c1ccc(-n2c3ccc(B4c5ccccc5-c5nc6ccccc6cc54)cc3c3ccc(N4c5ccccc5C(c5ccccc5)(c5ccccc5)c5ccccc54)cc32)cc1. The van der Waals surface area contributed by atoms with Crippen LogP contribution in [0.4, 0.5) is 17.1 Å². The van der Waals surface area contributed by atoms with Gasteiger partial charge >= 0.3 is 0 Å². The Hall–Kier alpha value is -7.52. The third kappa shape index (κ3) is 5.41. The summed E-state index contributed by atoms with van der Waals surface area (Å²) >= 11 is 0. The Morgan fingerprint density at radius 3 is 1.75 bits per heavy atom. The van der Waals surface area contributed by atoms with Gasteiger partial charge in [-0.1, -0.05) is 193 Å². The molecule has 2 aliphatic heterocycles. The number of rotatable bonds is 5. The molecule has 0 saturated carbocycles. The average Bonchev–Trinajstić information content (AvgIpc) is 3.84. The fourth-order valence-corrected chi connectivity index (χ4v) is 10.9. The topological polar surface area (TPSA) is 21.1 Å². The molecule has 4 heterocycles. The summed E-state index contributed by atoms with van der Waals surface area (Å²) in [6.45, 7) is 0.0768. The van der Waals surface area contributed by atoms with E-state index in [1.54, 1.807) is 0 Å². The molecule has 0 bridgehead atoms. The molecule has 0 fully saturated rings. The normalized spacial score (nSPS) is 13.3. The van der Waals surface area contributed by atoms with Crippen molar-refractivity contribution in [2.75, 3.05) is 4.90 Å². The van der Waals surface area contributed by atoms with E-state index >= 15 is 0 Å². The van der Waals surface area contributed by atoms with E-state index in [0.29, 0.717) is 0 Å². The van der Waals surface area contributed by atoms with Crippen LogP contribution < -0.4 is 21.3 Å². The molecule has 63 heavy (non-hydrogen) atoms. The summed E-state index contributed by atoms with van der Waals surface area (Å²) in [6, 6.07) is 84.8. The molecule has 2 aliphatic rings. The summed E-state index contributed by atoms with van der Waals surface area (Å²) in [5.41, 5.74) is 18.6. The van der Waals surface area contributed by atoms with Crippen LogP contribution in [0.5, 0.6) is 0 Å². The van der Waals surface area contributed by atoms with Crippen molar-refractivity contribution in [2.24, 2.45) is 0 Å². The van der Waals surface area contributed by atoms with Crippen LogP contribution in [-0.2, 0) is 5.41 Å². The van der Waals surface area contributed by atoms with E-state index in [4.69, 9.17) is 4.98 Å². The molecule has 1 unspecified atom stereocenters. The second-order valence-corrected chi connectivity index (χ2v) is 16.6. The summed E-state index contributed by atoms with van der Waals surface area (Å²) in [6.07, 6.45) is 0. The largest absolute Gasteiger partial charge is 0.310 e. The molecule has 0 N–H and O–H groups in total. The van der Waals surface area contributed by atoms with Crippen LogP contribution in [0.2, 0.25) is 0 Å². The van der Waals surface area contributed by atoms with Crippen LogP contribution >= 0.6 is 9.90 Å². The lowest BCUT2D eigenvalue weighted by atomic mass is 9.39. The number of para-hydroxylation sites is 4. The van der Waals surface area contributed by atoms with Gasteiger partial charge in [-0.15, -0.1) is 0 Å². The molecular formula is C58H41BN3P. The molecule has 9 aromatic carbocycles. The first-order chi connectivity index (χ1) is 30.8. The summed E-state index contributed by atoms with van der Waals surface area (Å²) in [7, 11) is 0. The predicted octanol–water partition coefficient (Wildman–Crippen LogP) is 12.1. The zero-order valence-corrected chi connectivity index (χ0v) is 36.0. The van der Waals surface area contributed by atoms with Crippen LogP contribution in [0.25, 0.3) is 49.7 Å². The van der Waals surface area contributed by atoms with Crippen molar-refractivity contribution < 1.29 is 0 Å². The Labute approximate surface area is 370 Å². The van der Waals surface area contributed by atoms with Gasteiger partial charge in [-0.25, -0.2) is 4.98 Å². The van der Waals surface area contributed by atoms with Gasteiger partial charge in [0.2, 0.25) is 6.71 Å². The monoisotopic (exact) mass is 821 g/mol. The Bertz CT molecular complexity index is 3460. The van der Waals surface area contributed by atoms with Crippen molar-refractivity contribution in [3.05, 3.63) is 253 Å². The maximum atomic E-state index is 5.25. The third-order valence-corrected chi connectivity index (χ3v) is 13.5. The molecule has 296 valence electrons. The van der Waals surface area contributed by atoms with Crippen LogP contribution in [0, 0.1) is 0 Å². The van der Waals surface area contributed by atoms with Gasteiger partial charge in [0, 0.05) is 22.1 Å². The number of aromatic nitrogens is 2. The number of hydrogen-bond donors (Lipinski definition) is 0. The lowest BCUT2D eigenvalue weighted by Crippen LogP contribution is -2.48. The van der Waals surface area contributed by atoms with Crippen molar-refractivity contribution in [1.82, 2.24) is 9.55 Å². The maximum Gasteiger partial charge on any atom is 0.244 e. The Kier molecular flexibility index (Phi) is 8.61. The van der Waals surface area contributed by atoms with Crippen LogP contribution in [0.1, 0.15) is 22.3 Å². The van der Waals surface area contributed by atoms with Gasteiger partial charge in [-0.05, 0) is 87.2 Å². The molecule has 11 aromatic rings. The highest BCUT2D eigenvalue weighted by atomic mass is 31.0. The smallest absolute Gasteiger partial charge is 0.244 e. The second kappa shape index (κ2) is 14.6. The van der Waals surface area contributed by atoms with Gasteiger partial charge in [0.1, 0.15) is 0 Å². The van der Waals surface area contributed by atoms with Gasteiger partial charge in [0.25, 0.3) is 0 Å². The third-order valence-electron chi connectivity index (χ3n) is 13.5. The molecule has 0 aliphatic carbocycles. The van der Waals surface area contributed by atoms with Gasteiger partial charge in [-0.2, -0.15) is 9.90 Å².